The Morgan fingerprint density at radius 1 is 0.737 bits per heavy atom. The Labute approximate surface area is 121 Å². The van der Waals surface area contributed by atoms with Gasteiger partial charge in [0.05, 0.1) is 6.10 Å². The maximum absolute atomic E-state index is 9.55. The van der Waals surface area contributed by atoms with Crippen molar-refractivity contribution in [3.63, 3.8) is 0 Å². The van der Waals surface area contributed by atoms with E-state index in [1.807, 2.05) is 7.05 Å². The van der Waals surface area contributed by atoms with Gasteiger partial charge in [-0.05, 0) is 13.5 Å². The summed E-state index contributed by atoms with van der Waals surface area (Å²) in [5.74, 6) is 0. The van der Waals surface area contributed by atoms with Crippen LogP contribution in [-0.2, 0) is 0 Å². The third-order valence-electron chi connectivity index (χ3n) is 3.83. The van der Waals surface area contributed by atoms with E-state index in [2.05, 4.69) is 12.2 Å². The molecule has 1 atom stereocenters. The summed E-state index contributed by atoms with van der Waals surface area (Å²) >= 11 is 0. The van der Waals surface area contributed by atoms with Gasteiger partial charge in [0.15, 0.2) is 0 Å². The summed E-state index contributed by atoms with van der Waals surface area (Å²) in [5.41, 5.74) is 0. The van der Waals surface area contributed by atoms with Crippen molar-refractivity contribution >= 4 is 0 Å². The van der Waals surface area contributed by atoms with E-state index < -0.39 is 0 Å². The second-order valence-corrected chi connectivity index (χ2v) is 5.89. The molecule has 0 saturated carbocycles. The summed E-state index contributed by atoms with van der Waals surface area (Å²) in [5, 5.41) is 12.6. The molecule has 0 aromatic carbocycles. The molecule has 116 valence electrons. The number of rotatable bonds is 15. The normalized spacial score (nSPS) is 12.8. The molecule has 0 aromatic heterocycles. The maximum atomic E-state index is 9.55. The number of nitrogens with one attached hydrogen (secondary N) is 1. The molecule has 0 saturated heterocycles. The van der Waals surface area contributed by atoms with E-state index in [1.54, 1.807) is 0 Å². The molecule has 19 heavy (non-hydrogen) atoms. The van der Waals surface area contributed by atoms with E-state index in [9.17, 15) is 5.11 Å². The van der Waals surface area contributed by atoms with Crippen molar-refractivity contribution in [2.24, 2.45) is 0 Å². The standard InChI is InChI=1S/C17H37NO/c1-3-4-5-6-7-8-9-10-11-12-13-14-15-17(19)16-18-2/h17-19H,3-16H2,1-2H3. The molecule has 0 aromatic rings. The minimum Gasteiger partial charge on any atom is -0.392 e. The van der Waals surface area contributed by atoms with E-state index in [1.165, 1.54) is 77.0 Å². The fourth-order valence-electron chi connectivity index (χ4n) is 2.56. The van der Waals surface area contributed by atoms with Gasteiger partial charge in [0.2, 0.25) is 0 Å². The Morgan fingerprint density at radius 2 is 1.16 bits per heavy atom. The fraction of sp³-hybridized carbons (Fsp3) is 1.00. The first-order chi connectivity index (χ1) is 9.31. The van der Waals surface area contributed by atoms with Gasteiger partial charge >= 0.3 is 0 Å². The molecule has 0 rings (SSSR count). The molecule has 0 amide bonds. The number of unbranched alkanes of at least 4 members (excludes halogenated alkanes) is 11. The zero-order valence-corrected chi connectivity index (χ0v) is 13.4. The SMILES string of the molecule is CCCCCCCCCCCCCCC(O)CNC. The van der Waals surface area contributed by atoms with Crippen molar-refractivity contribution in [1.29, 1.82) is 0 Å². The molecular formula is C17H37NO. The van der Waals surface area contributed by atoms with Crippen molar-refractivity contribution in [2.45, 2.75) is 96.5 Å². The van der Waals surface area contributed by atoms with Crippen LogP contribution in [0.25, 0.3) is 0 Å². The van der Waals surface area contributed by atoms with Gasteiger partial charge in [0.25, 0.3) is 0 Å². The average Bonchev–Trinajstić information content (AvgIpc) is 2.40. The lowest BCUT2D eigenvalue weighted by Gasteiger charge is -2.09. The summed E-state index contributed by atoms with van der Waals surface area (Å²) in [4.78, 5) is 0. The molecule has 0 aliphatic rings. The van der Waals surface area contributed by atoms with Gasteiger partial charge in [0.1, 0.15) is 0 Å². The van der Waals surface area contributed by atoms with Gasteiger partial charge in [-0.3, -0.25) is 0 Å². The summed E-state index contributed by atoms with van der Waals surface area (Å²) < 4.78 is 0. The molecule has 0 bridgehead atoms. The maximum Gasteiger partial charge on any atom is 0.0664 e. The van der Waals surface area contributed by atoms with Crippen LogP contribution in [0.15, 0.2) is 0 Å². The van der Waals surface area contributed by atoms with E-state index in [0.717, 1.165) is 13.0 Å². The molecular weight excluding hydrogens is 234 g/mol. The van der Waals surface area contributed by atoms with Crippen LogP contribution in [0.2, 0.25) is 0 Å². The van der Waals surface area contributed by atoms with Crippen molar-refractivity contribution in [3.05, 3.63) is 0 Å². The first-order valence-corrected chi connectivity index (χ1v) is 8.64. The summed E-state index contributed by atoms with van der Waals surface area (Å²) in [6.07, 6.45) is 17.4. The van der Waals surface area contributed by atoms with Crippen molar-refractivity contribution < 1.29 is 5.11 Å². The van der Waals surface area contributed by atoms with Gasteiger partial charge in [0, 0.05) is 6.54 Å². The van der Waals surface area contributed by atoms with Gasteiger partial charge in [-0.2, -0.15) is 0 Å². The molecule has 2 N–H and O–H groups in total. The first-order valence-electron chi connectivity index (χ1n) is 8.64. The minimum atomic E-state index is -0.145. The van der Waals surface area contributed by atoms with Gasteiger partial charge in [-0.1, -0.05) is 84.0 Å². The highest BCUT2D eigenvalue weighted by Gasteiger charge is 2.01. The summed E-state index contributed by atoms with van der Waals surface area (Å²) in [6.45, 7) is 3.01. The van der Waals surface area contributed by atoms with E-state index in [-0.39, 0.29) is 6.10 Å². The Bertz CT molecular complexity index is 161. The van der Waals surface area contributed by atoms with Gasteiger partial charge in [-0.25, -0.2) is 0 Å². The second kappa shape index (κ2) is 16.0. The summed E-state index contributed by atoms with van der Waals surface area (Å²) in [7, 11) is 1.89. The number of hydrogen-bond acceptors (Lipinski definition) is 2. The van der Waals surface area contributed by atoms with Crippen molar-refractivity contribution in [2.75, 3.05) is 13.6 Å². The predicted octanol–water partition coefficient (Wildman–Crippen LogP) is 4.66. The van der Waals surface area contributed by atoms with Crippen LogP contribution < -0.4 is 5.32 Å². The topological polar surface area (TPSA) is 32.3 Å². The van der Waals surface area contributed by atoms with E-state index >= 15 is 0 Å². The van der Waals surface area contributed by atoms with Crippen LogP contribution in [0.1, 0.15) is 90.4 Å². The van der Waals surface area contributed by atoms with Gasteiger partial charge in [-0.15, -0.1) is 0 Å². The smallest absolute Gasteiger partial charge is 0.0664 e. The van der Waals surface area contributed by atoms with Crippen LogP contribution in [-0.4, -0.2) is 24.8 Å². The molecule has 0 spiro atoms. The molecule has 0 aliphatic heterocycles. The van der Waals surface area contributed by atoms with E-state index in [0.29, 0.717) is 0 Å². The third-order valence-corrected chi connectivity index (χ3v) is 3.83. The third kappa shape index (κ3) is 15.9. The molecule has 0 heterocycles. The molecule has 0 fully saturated rings. The Morgan fingerprint density at radius 3 is 1.58 bits per heavy atom. The van der Waals surface area contributed by atoms with Crippen molar-refractivity contribution in [1.82, 2.24) is 5.32 Å². The fourth-order valence-corrected chi connectivity index (χ4v) is 2.56. The molecule has 1 unspecified atom stereocenters. The lowest BCUT2D eigenvalue weighted by atomic mass is 10.0. The lowest BCUT2D eigenvalue weighted by Crippen LogP contribution is -2.23. The van der Waals surface area contributed by atoms with Gasteiger partial charge < -0.3 is 10.4 Å². The monoisotopic (exact) mass is 271 g/mol. The van der Waals surface area contributed by atoms with Crippen LogP contribution in [0, 0.1) is 0 Å². The predicted molar refractivity (Wildman–Crippen MR) is 85.6 cm³/mol. The minimum absolute atomic E-state index is 0.145. The Kier molecular flexibility index (Phi) is 15.9. The number of aliphatic hydroxyl groups excluding tert-OH is 1. The Balaban J connectivity index is 2.99. The molecule has 0 aliphatic carbocycles. The summed E-state index contributed by atoms with van der Waals surface area (Å²) in [6, 6.07) is 0. The molecule has 0 radical (unpaired) electrons. The molecule has 2 heteroatoms. The highest BCUT2D eigenvalue weighted by atomic mass is 16.3. The van der Waals surface area contributed by atoms with Crippen LogP contribution in [0.3, 0.4) is 0 Å². The number of likely N-dealkylation sites (N-methyl/N-ethyl adjacent to an activating group) is 1. The van der Waals surface area contributed by atoms with Crippen LogP contribution >= 0.6 is 0 Å². The zero-order chi connectivity index (χ0) is 14.2. The Hall–Kier alpha value is -0.0800. The van der Waals surface area contributed by atoms with Crippen molar-refractivity contribution in [3.8, 4) is 0 Å². The average molecular weight is 271 g/mol. The van der Waals surface area contributed by atoms with E-state index in [4.69, 9.17) is 0 Å². The number of hydrogen-bond donors (Lipinski definition) is 2. The first kappa shape index (κ1) is 18.9. The number of aliphatic hydroxyl groups is 1. The molecule has 2 nitrogen and oxygen atoms in total. The lowest BCUT2D eigenvalue weighted by molar-refractivity contribution is 0.160. The zero-order valence-electron chi connectivity index (χ0n) is 13.4. The highest BCUT2D eigenvalue weighted by molar-refractivity contribution is 4.57. The quantitative estimate of drug-likeness (QED) is 0.425. The second-order valence-electron chi connectivity index (χ2n) is 5.89. The highest BCUT2D eigenvalue weighted by Crippen LogP contribution is 2.12. The largest absolute Gasteiger partial charge is 0.392 e. The van der Waals surface area contributed by atoms with Crippen LogP contribution in [0.4, 0.5) is 0 Å². The van der Waals surface area contributed by atoms with Crippen LogP contribution in [0.5, 0.6) is 0 Å².